The maximum Gasteiger partial charge on any atom is 0.227 e. The molecule has 8 aliphatic heterocycles. The summed E-state index contributed by atoms with van der Waals surface area (Å²) in [6.07, 6.45) is 18.1. The fourth-order valence-corrected chi connectivity index (χ4v) is 11.3. The van der Waals surface area contributed by atoms with Crippen LogP contribution >= 0.6 is 0 Å². The highest BCUT2D eigenvalue weighted by molar-refractivity contribution is 5.80. The van der Waals surface area contributed by atoms with Gasteiger partial charge in [0, 0.05) is 120 Å². The number of ketones is 2. The summed E-state index contributed by atoms with van der Waals surface area (Å²) in [6.45, 7) is 59.1. The van der Waals surface area contributed by atoms with E-state index in [9.17, 15) is 18.8 Å². The third kappa shape index (κ3) is 32.3. The molecule has 8 saturated heterocycles. The Morgan fingerprint density at radius 1 is 0.354 bits per heavy atom. The molecular formula is C66H134FN9O3. The van der Waals surface area contributed by atoms with Crippen LogP contribution in [0.5, 0.6) is 0 Å². The van der Waals surface area contributed by atoms with Crippen LogP contribution < -0.4 is 0 Å². The van der Waals surface area contributed by atoms with Gasteiger partial charge in [0.25, 0.3) is 0 Å². The molecule has 468 valence electrons. The smallest absolute Gasteiger partial charge is 0.227 e. The number of alkyl halides is 1. The molecule has 1 atom stereocenters. The van der Waals surface area contributed by atoms with E-state index in [1.165, 1.54) is 123 Å². The lowest BCUT2D eigenvalue weighted by atomic mass is 9.95. The van der Waals surface area contributed by atoms with E-state index in [-0.39, 0.29) is 11.8 Å². The topological polar surface area (TPSA) is 80.4 Å². The van der Waals surface area contributed by atoms with Crippen LogP contribution in [0.4, 0.5) is 4.39 Å². The zero-order valence-electron chi connectivity index (χ0n) is 56.2. The minimum absolute atomic E-state index is 0.252. The van der Waals surface area contributed by atoms with E-state index in [0.717, 1.165) is 82.9 Å². The first kappa shape index (κ1) is 75.4. The van der Waals surface area contributed by atoms with Crippen molar-refractivity contribution in [2.24, 2.45) is 17.8 Å². The number of hydrogen-bond donors (Lipinski definition) is 0. The zero-order chi connectivity index (χ0) is 60.0. The van der Waals surface area contributed by atoms with Crippen molar-refractivity contribution in [1.82, 2.24) is 44.1 Å². The SMILES string of the molecule is CC(=O)C1CCN(C(C)C)C1.CC(=O)C1CN(C(C)C)C1.CC(C)N1CC(C(=O)N(C)C)C1.CC(C)N1CCC(C)(F)CC1.CC(C)N1CCCC1.CC(C)N1CCCCC1.CC(C)N1CCCCC1.CC(C)N1CCCCC1. The third-order valence-corrected chi connectivity index (χ3v) is 18.0. The third-order valence-electron chi connectivity index (χ3n) is 18.0. The second-order valence-corrected chi connectivity index (χ2v) is 27.5. The normalized spacial score (nSPS) is 23.1. The number of carbonyl (C=O) groups excluding carboxylic acids is 3. The number of likely N-dealkylation sites (tertiary alicyclic amines) is 8. The Morgan fingerprint density at radius 3 is 0.810 bits per heavy atom. The number of halogens is 1. The van der Waals surface area contributed by atoms with Crippen LogP contribution in [0.3, 0.4) is 0 Å². The molecule has 8 heterocycles. The molecule has 1 amide bonds. The lowest BCUT2D eigenvalue weighted by molar-refractivity contribution is -0.139. The Kier molecular flexibility index (Phi) is 38.8. The summed E-state index contributed by atoms with van der Waals surface area (Å²) < 4.78 is 13.3. The van der Waals surface area contributed by atoms with Crippen LogP contribution in [-0.2, 0) is 14.4 Å². The predicted molar refractivity (Wildman–Crippen MR) is 338 cm³/mol. The number of hydrogen-bond acceptors (Lipinski definition) is 11. The Labute approximate surface area is 490 Å². The van der Waals surface area contributed by atoms with Gasteiger partial charge in [-0.2, -0.15) is 0 Å². The first-order chi connectivity index (χ1) is 37.0. The van der Waals surface area contributed by atoms with E-state index in [2.05, 4.69) is 150 Å². The van der Waals surface area contributed by atoms with Crippen molar-refractivity contribution in [3.8, 4) is 0 Å². The fraction of sp³-hybridized carbons (Fsp3) is 0.955. The molecule has 79 heavy (non-hydrogen) atoms. The molecule has 0 spiro atoms. The molecule has 0 bridgehead atoms. The van der Waals surface area contributed by atoms with Gasteiger partial charge in [0.2, 0.25) is 5.91 Å². The fourth-order valence-electron chi connectivity index (χ4n) is 11.3. The number of rotatable bonds is 11. The Morgan fingerprint density at radius 2 is 0.595 bits per heavy atom. The monoisotopic (exact) mass is 1120 g/mol. The number of Topliss-reactive ketones (excluding diaryl/α,β-unsaturated/α-hetero) is 2. The van der Waals surface area contributed by atoms with E-state index >= 15 is 0 Å². The lowest BCUT2D eigenvalue weighted by Gasteiger charge is -2.41. The highest BCUT2D eigenvalue weighted by atomic mass is 19.1. The molecule has 0 N–H and O–H groups in total. The number of nitrogens with zero attached hydrogens (tertiary/aromatic N) is 9. The van der Waals surface area contributed by atoms with Crippen molar-refractivity contribution >= 4 is 17.5 Å². The Bertz CT molecular complexity index is 1490. The maximum absolute atomic E-state index is 13.3. The Balaban J connectivity index is 0.000000453. The highest BCUT2D eigenvalue weighted by Crippen LogP contribution is 2.27. The summed E-state index contributed by atoms with van der Waals surface area (Å²) in [7, 11) is 3.64. The second-order valence-electron chi connectivity index (χ2n) is 27.5. The summed E-state index contributed by atoms with van der Waals surface area (Å²) in [6, 6.07) is 5.44. The highest BCUT2D eigenvalue weighted by Gasteiger charge is 2.35. The molecule has 8 aliphatic rings. The molecule has 1 unspecified atom stereocenters. The van der Waals surface area contributed by atoms with E-state index < -0.39 is 5.67 Å². The van der Waals surface area contributed by atoms with Gasteiger partial charge >= 0.3 is 0 Å². The molecular weight excluding hydrogens is 986 g/mol. The van der Waals surface area contributed by atoms with E-state index in [0.29, 0.717) is 60.4 Å². The van der Waals surface area contributed by atoms with Crippen molar-refractivity contribution in [1.29, 1.82) is 0 Å². The van der Waals surface area contributed by atoms with E-state index in [4.69, 9.17) is 0 Å². The number of carbonyl (C=O) groups is 3. The van der Waals surface area contributed by atoms with Crippen molar-refractivity contribution in [2.75, 3.05) is 119 Å². The standard InChI is InChI=1S/C9H18FN.C9H18N2O.C9H17NO.C8H15NO.3C8H17N.C7H15N/c1-8(2)11-6-4-9(3,10)5-7-11;1-7(2)11-5-8(6-11)9(12)10(3)4;1-7(2)10-5-4-9(6-10)8(3)11;1-6(2)9-4-8(5-9)7(3)10;3*1-8(2)9-6-4-3-5-7-9;1-7(2)8-5-3-4-6-8/h8H,4-7H2,1-3H3;7-8H,5-6H2,1-4H3;7,9H,4-6H2,1-3H3;6,8H,4-5H2,1-3H3;3*8H,3-7H2,1-2H3;7H,3-6H2,1-2H3. The van der Waals surface area contributed by atoms with Gasteiger partial charge in [-0.25, -0.2) is 4.39 Å². The largest absolute Gasteiger partial charge is 0.348 e. The van der Waals surface area contributed by atoms with Crippen molar-refractivity contribution in [3.05, 3.63) is 0 Å². The Hall–Kier alpha value is -1.58. The van der Waals surface area contributed by atoms with Gasteiger partial charge in [-0.05, 0) is 261 Å². The number of piperidine rings is 4. The molecule has 0 saturated carbocycles. The van der Waals surface area contributed by atoms with Gasteiger partial charge in [-0.15, -0.1) is 0 Å². The first-order valence-electron chi connectivity index (χ1n) is 32.8. The number of amides is 1. The summed E-state index contributed by atoms with van der Waals surface area (Å²) in [5.74, 6) is 1.87. The minimum atomic E-state index is -0.897. The van der Waals surface area contributed by atoms with Crippen LogP contribution in [0, 0.1) is 17.8 Å². The van der Waals surface area contributed by atoms with Crippen LogP contribution in [-0.4, -0.2) is 234 Å². The first-order valence-corrected chi connectivity index (χ1v) is 32.8. The summed E-state index contributed by atoms with van der Waals surface area (Å²) in [5, 5.41) is 0. The van der Waals surface area contributed by atoms with Crippen molar-refractivity contribution < 1.29 is 18.8 Å². The van der Waals surface area contributed by atoms with Gasteiger partial charge in [-0.3, -0.25) is 24.2 Å². The van der Waals surface area contributed by atoms with E-state index in [1.807, 2.05) is 14.1 Å². The van der Waals surface area contributed by atoms with Gasteiger partial charge in [0.05, 0.1) is 5.92 Å². The van der Waals surface area contributed by atoms with Gasteiger partial charge in [0.15, 0.2) is 0 Å². The van der Waals surface area contributed by atoms with Crippen LogP contribution in [0.1, 0.15) is 221 Å². The van der Waals surface area contributed by atoms with Gasteiger partial charge < -0.3 is 34.3 Å². The zero-order valence-corrected chi connectivity index (χ0v) is 56.2. The molecule has 0 aromatic rings. The summed E-state index contributed by atoms with van der Waals surface area (Å²) in [4.78, 5) is 54.4. The lowest BCUT2D eigenvalue weighted by Crippen LogP contribution is -2.55. The van der Waals surface area contributed by atoms with Crippen LogP contribution in [0.25, 0.3) is 0 Å². The summed E-state index contributed by atoms with van der Waals surface area (Å²) >= 11 is 0. The van der Waals surface area contributed by atoms with Crippen LogP contribution in [0.2, 0.25) is 0 Å². The maximum atomic E-state index is 13.3. The van der Waals surface area contributed by atoms with Gasteiger partial charge in [0.1, 0.15) is 17.2 Å². The molecule has 0 aromatic heterocycles. The molecule has 12 nitrogen and oxygen atoms in total. The van der Waals surface area contributed by atoms with Crippen molar-refractivity contribution in [2.45, 2.75) is 275 Å². The van der Waals surface area contributed by atoms with Crippen molar-refractivity contribution in [3.63, 3.8) is 0 Å². The molecule has 0 radical (unpaired) electrons. The average Bonchev–Trinajstić information content (AvgIpc) is 4.10. The molecule has 0 aliphatic carbocycles. The van der Waals surface area contributed by atoms with Gasteiger partial charge in [-0.1, -0.05) is 19.3 Å². The average molecular weight is 1120 g/mol. The molecule has 0 aromatic carbocycles. The molecule has 13 heteroatoms. The van der Waals surface area contributed by atoms with E-state index in [1.54, 1.807) is 25.7 Å². The molecule has 8 fully saturated rings. The minimum Gasteiger partial charge on any atom is -0.348 e. The summed E-state index contributed by atoms with van der Waals surface area (Å²) in [5.41, 5.74) is -0.897. The quantitative estimate of drug-likeness (QED) is 0.198. The molecule has 8 rings (SSSR count). The second kappa shape index (κ2) is 40.6. The predicted octanol–water partition coefficient (Wildman–Crippen LogP) is 12.0. The van der Waals surface area contributed by atoms with Crippen LogP contribution in [0.15, 0.2) is 0 Å².